The van der Waals surface area contributed by atoms with Crippen LogP contribution in [0.4, 0.5) is 17.5 Å². The van der Waals surface area contributed by atoms with Gasteiger partial charge < -0.3 is 21.1 Å². The molecule has 0 radical (unpaired) electrons. The molecule has 132 valence electrons. The van der Waals surface area contributed by atoms with Gasteiger partial charge in [-0.2, -0.15) is 10.1 Å². The number of hydrogen-bond donors (Lipinski definition) is 3. The Balaban J connectivity index is 1.69. The Bertz CT molecular complexity index is 833. The number of rotatable bonds is 8. The van der Waals surface area contributed by atoms with Crippen molar-refractivity contribution in [3.8, 4) is 0 Å². The van der Waals surface area contributed by atoms with Gasteiger partial charge in [0.1, 0.15) is 5.82 Å². The molecule has 0 aliphatic carbocycles. The van der Waals surface area contributed by atoms with Crippen LogP contribution < -0.4 is 16.4 Å². The second-order valence-corrected chi connectivity index (χ2v) is 5.85. The van der Waals surface area contributed by atoms with Gasteiger partial charge in [0.25, 0.3) is 0 Å². The maximum Gasteiger partial charge on any atom is 0.224 e. The molecule has 1 atom stereocenters. The quantitative estimate of drug-likeness (QED) is 0.575. The van der Waals surface area contributed by atoms with Crippen LogP contribution in [0.15, 0.2) is 36.7 Å². The van der Waals surface area contributed by atoms with Crippen molar-refractivity contribution in [2.45, 2.75) is 12.5 Å². The first kappa shape index (κ1) is 17.1. The summed E-state index contributed by atoms with van der Waals surface area (Å²) < 4.78 is 6.83. The third-order valence-corrected chi connectivity index (χ3v) is 3.80. The fraction of sp³-hybridized carbons (Fsp3) is 0.353. The smallest absolute Gasteiger partial charge is 0.224 e. The molecular weight excluding hydrogens is 318 g/mol. The zero-order valence-electron chi connectivity index (χ0n) is 14.4. The SMILES string of the molecule is COCC[C@H](N)CNc1nccc(Nc2cccc3nn(C)cc23)n1. The molecule has 0 saturated carbocycles. The van der Waals surface area contributed by atoms with E-state index in [-0.39, 0.29) is 6.04 Å². The second-order valence-electron chi connectivity index (χ2n) is 5.85. The molecule has 0 unspecified atom stereocenters. The maximum atomic E-state index is 6.01. The van der Waals surface area contributed by atoms with Crippen molar-refractivity contribution in [1.82, 2.24) is 19.7 Å². The summed E-state index contributed by atoms with van der Waals surface area (Å²) in [5.41, 5.74) is 7.90. The lowest BCUT2D eigenvalue weighted by Gasteiger charge is -2.13. The van der Waals surface area contributed by atoms with Gasteiger partial charge in [0, 0.05) is 51.1 Å². The summed E-state index contributed by atoms with van der Waals surface area (Å²) in [6.07, 6.45) is 4.47. The van der Waals surface area contributed by atoms with Crippen molar-refractivity contribution < 1.29 is 4.74 Å². The molecule has 4 N–H and O–H groups in total. The minimum atomic E-state index is -0.00990. The first-order valence-electron chi connectivity index (χ1n) is 8.16. The number of anilines is 3. The Labute approximate surface area is 146 Å². The molecule has 0 bridgehead atoms. The number of ether oxygens (including phenoxy) is 1. The standard InChI is InChI=1S/C17H23N7O/c1-24-11-13-14(4-3-5-15(13)23-24)21-16-6-8-19-17(22-16)20-10-12(18)7-9-25-2/h3-6,8,11-12H,7,9-10,18H2,1-2H3,(H2,19,20,21,22)/t12-/m0/s1. The van der Waals surface area contributed by atoms with E-state index in [1.165, 1.54) is 0 Å². The van der Waals surface area contributed by atoms with Crippen LogP contribution in [0.2, 0.25) is 0 Å². The Kier molecular flexibility index (Phi) is 5.42. The molecule has 1 aromatic carbocycles. The van der Waals surface area contributed by atoms with Crippen LogP contribution in [-0.2, 0) is 11.8 Å². The summed E-state index contributed by atoms with van der Waals surface area (Å²) in [5, 5.41) is 11.9. The molecular formula is C17H23N7O. The molecule has 3 rings (SSSR count). The summed E-state index contributed by atoms with van der Waals surface area (Å²) in [7, 11) is 3.57. The average molecular weight is 341 g/mol. The fourth-order valence-corrected chi connectivity index (χ4v) is 2.52. The molecule has 8 nitrogen and oxygen atoms in total. The molecule has 0 aliphatic rings. The topological polar surface area (TPSA) is 103 Å². The van der Waals surface area contributed by atoms with Crippen LogP contribution >= 0.6 is 0 Å². The highest BCUT2D eigenvalue weighted by Gasteiger charge is 2.07. The van der Waals surface area contributed by atoms with Crippen molar-refractivity contribution in [3.63, 3.8) is 0 Å². The zero-order chi connectivity index (χ0) is 17.6. The number of nitrogens with one attached hydrogen (secondary N) is 2. The van der Waals surface area contributed by atoms with E-state index in [1.807, 2.05) is 37.5 Å². The van der Waals surface area contributed by atoms with Crippen LogP contribution in [0.3, 0.4) is 0 Å². The van der Waals surface area contributed by atoms with Crippen LogP contribution in [0.25, 0.3) is 10.9 Å². The normalized spacial score (nSPS) is 12.3. The highest BCUT2D eigenvalue weighted by molar-refractivity contribution is 5.92. The lowest BCUT2D eigenvalue weighted by molar-refractivity contribution is 0.189. The summed E-state index contributed by atoms with van der Waals surface area (Å²) in [4.78, 5) is 8.72. The third-order valence-electron chi connectivity index (χ3n) is 3.80. The van der Waals surface area contributed by atoms with Crippen molar-refractivity contribution in [2.75, 3.05) is 30.9 Å². The van der Waals surface area contributed by atoms with Gasteiger partial charge in [0.05, 0.1) is 11.2 Å². The number of benzene rings is 1. The molecule has 0 saturated heterocycles. The monoisotopic (exact) mass is 341 g/mol. The van der Waals surface area contributed by atoms with E-state index in [1.54, 1.807) is 18.0 Å². The van der Waals surface area contributed by atoms with E-state index in [2.05, 4.69) is 25.7 Å². The molecule has 2 aromatic heterocycles. The Morgan fingerprint density at radius 1 is 1.32 bits per heavy atom. The molecule has 8 heteroatoms. The highest BCUT2D eigenvalue weighted by atomic mass is 16.5. The van der Waals surface area contributed by atoms with Gasteiger partial charge in [0.2, 0.25) is 5.95 Å². The van der Waals surface area contributed by atoms with Gasteiger partial charge in [-0.1, -0.05) is 6.07 Å². The van der Waals surface area contributed by atoms with Gasteiger partial charge >= 0.3 is 0 Å². The number of methoxy groups -OCH3 is 1. The van der Waals surface area contributed by atoms with Crippen molar-refractivity contribution in [1.29, 1.82) is 0 Å². The molecule has 0 aliphatic heterocycles. The van der Waals surface area contributed by atoms with Crippen LogP contribution in [0, 0.1) is 0 Å². The van der Waals surface area contributed by atoms with Gasteiger partial charge in [-0.3, -0.25) is 4.68 Å². The summed E-state index contributed by atoms with van der Waals surface area (Å²) in [5.74, 6) is 1.25. The van der Waals surface area contributed by atoms with E-state index in [4.69, 9.17) is 10.5 Å². The lowest BCUT2D eigenvalue weighted by atomic mass is 10.2. The molecule has 2 heterocycles. The number of aromatic nitrogens is 4. The van der Waals surface area contributed by atoms with Gasteiger partial charge in [-0.25, -0.2) is 4.98 Å². The molecule has 0 fully saturated rings. The molecule has 3 aromatic rings. The summed E-state index contributed by atoms with van der Waals surface area (Å²) in [6.45, 7) is 1.23. The Morgan fingerprint density at radius 2 is 2.20 bits per heavy atom. The van der Waals surface area contributed by atoms with E-state index >= 15 is 0 Å². The maximum absolute atomic E-state index is 6.01. The predicted molar refractivity (Wildman–Crippen MR) is 99.0 cm³/mol. The number of fused-ring (bicyclic) bond motifs is 1. The second kappa shape index (κ2) is 7.91. The van der Waals surface area contributed by atoms with Crippen molar-refractivity contribution >= 4 is 28.4 Å². The minimum Gasteiger partial charge on any atom is -0.385 e. The average Bonchev–Trinajstić information content (AvgIpc) is 3.00. The third kappa shape index (κ3) is 4.43. The number of nitrogens with two attached hydrogens (primary N) is 1. The van der Waals surface area contributed by atoms with Gasteiger partial charge in [-0.15, -0.1) is 0 Å². The summed E-state index contributed by atoms with van der Waals surface area (Å²) >= 11 is 0. The Morgan fingerprint density at radius 3 is 3.04 bits per heavy atom. The first-order valence-corrected chi connectivity index (χ1v) is 8.16. The predicted octanol–water partition coefficient (Wildman–Crippen LogP) is 1.88. The van der Waals surface area contributed by atoms with E-state index in [0.29, 0.717) is 24.9 Å². The van der Waals surface area contributed by atoms with E-state index in [0.717, 1.165) is 23.0 Å². The first-order chi connectivity index (χ1) is 12.2. The lowest BCUT2D eigenvalue weighted by Crippen LogP contribution is -2.30. The molecule has 0 spiro atoms. The fourth-order valence-electron chi connectivity index (χ4n) is 2.52. The minimum absolute atomic E-state index is 0.00990. The van der Waals surface area contributed by atoms with E-state index < -0.39 is 0 Å². The van der Waals surface area contributed by atoms with Crippen molar-refractivity contribution in [3.05, 3.63) is 36.7 Å². The number of nitrogens with zero attached hydrogens (tertiary/aromatic N) is 4. The van der Waals surface area contributed by atoms with Crippen LogP contribution in [0.5, 0.6) is 0 Å². The molecule has 0 amide bonds. The van der Waals surface area contributed by atoms with Crippen LogP contribution in [-0.4, -0.2) is 46.1 Å². The largest absolute Gasteiger partial charge is 0.385 e. The zero-order valence-corrected chi connectivity index (χ0v) is 14.4. The Hall–Kier alpha value is -2.71. The summed E-state index contributed by atoms with van der Waals surface area (Å²) in [6, 6.07) is 7.76. The number of hydrogen-bond acceptors (Lipinski definition) is 7. The number of aryl methyl sites for hydroxylation is 1. The van der Waals surface area contributed by atoms with Crippen LogP contribution in [0.1, 0.15) is 6.42 Å². The van der Waals surface area contributed by atoms with Gasteiger partial charge in [0.15, 0.2) is 0 Å². The molecule has 25 heavy (non-hydrogen) atoms. The van der Waals surface area contributed by atoms with Crippen molar-refractivity contribution in [2.24, 2.45) is 12.8 Å². The van der Waals surface area contributed by atoms with E-state index in [9.17, 15) is 0 Å². The highest BCUT2D eigenvalue weighted by Crippen LogP contribution is 2.24. The van der Waals surface area contributed by atoms with Gasteiger partial charge in [-0.05, 0) is 24.6 Å².